The van der Waals surface area contributed by atoms with E-state index in [9.17, 15) is 8.42 Å². The van der Waals surface area contributed by atoms with Crippen molar-refractivity contribution in [2.45, 2.75) is 18.2 Å². The summed E-state index contributed by atoms with van der Waals surface area (Å²) < 4.78 is 22.1. The second kappa shape index (κ2) is 3.23. The SMILES string of the molecule is CCc1cncc(S(C)(=O)=O)c1. The molecule has 66 valence electrons. The summed E-state index contributed by atoms with van der Waals surface area (Å²) in [6, 6.07) is 1.66. The van der Waals surface area contributed by atoms with E-state index in [1.165, 1.54) is 12.5 Å². The van der Waals surface area contributed by atoms with Crippen LogP contribution in [0.2, 0.25) is 0 Å². The van der Waals surface area contributed by atoms with Gasteiger partial charge in [0.15, 0.2) is 9.84 Å². The molecular weight excluding hydrogens is 174 g/mol. The second-order valence-corrected chi connectivity index (χ2v) is 4.67. The van der Waals surface area contributed by atoms with Gasteiger partial charge in [0.05, 0.1) is 4.90 Å². The first kappa shape index (κ1) is 9.19. The number of rotatable bonds is 2. The van der Waals surface area contributed by atoms with E-state index >= 15 is 0 Å². The molecule has 0 saturated carbocycles. The maximum atomic E-state index is 11.1. The van der Waals surface area contributed by atoms with Gasteiger partial charge in [-0.05, 0) is 18.1 Å². The number of pyridine rings is 1. The standard InChI is InChI=1S/C8H11NO2S/c1-3-7-4-8(6-9-5-7)12(2,10)11/h4-6H,3H2,1-2H3. The molecule has 0 aromatic carbocycles. The van der Waals surface area contributed by atoms with Crippen LogP contribution in [0.4, 0.5) is 0 Å². The molecule has 1 heterocycles. The van der Waals surface area contributed by atoms with Crippen molar-refractivity contribution in [1.82, 2.24) is 4.98 Å². The van der Waals surface area contributed by atoms with Crippen LogP contribution in [-0.4, -0.2) is 19.7 Å². The van der Waals surface area contributed by atoms with Gasteiger partial charge in [-0.2, -0.15) is 0 Å². The minimum atomic E-state index is -3.10. The summed E-state index contributed by atoms with van der Waals surface area (Å²) in [5.41, 5.74) is 0.943. The molecule has 0 spiro atoms. The molecule has 0 aliphatic rings. The number of aryl methyl sites for hydroxylation is 1. The van der Waals surface area contributed by atoms with Gasteiger partial charge in [0, 0.05) is 18.6 Å². The largest absolute Gasteiger partial charge is 0.263 e. The summed E-state index contributed by atoms with van der Waals surface area (Å²) in [6.07, 6.45) is 5.03. The molecule has 4 heteroatoms. The van der Waals surface area contributed by atoms with Gasteiger partial charge in [-0.1, -0.05) is 6.92 Å². The van der Waals surface area contributed by atoms with E-state index in [0.29, 0.717) is 4.90 Å². The predicted octanol–water partition coefficient (Wildman–Crippen LogP) is 1.05. The highest BCUT2D eigenvalue weighted by Crippen LogP contribution is 2.09. The Balaban J connectivity index is 3.20. The maximum absolute atomic E-state index is 11.1. The van der Waals surface area contributed by atoms with E-state index in [-0.39, 0.29) is 0 Å². The third kappa shape index (κ3) is 2.04. The van der Waals surface area contributed by atoms with E-state index < -0.39 is 9.84 Å². The minimum Gasteiger partial charge on any atom is -0.263 e. The van der Waals surface area contributed by atoms with Crippen LogP contribution in [0.15, 0.2) is 23.4 Å². The van der Waals surface area contributed by atoms with Crippen molar-refractivity contribution in [3.05, 3.63) is 24.0 Å². The van der Waals surface area contributed by atoms with Crippen LogP contribution in [0.1, 0.15) is 12.5 Å². The quantitative estimate of drug-likeness (QED) is 0.691. The molecule has 0 bridgehead atoms. The predicted molar refractivity (Wildman–Crippen MR) is 46.7 cm³/mol. The van der Waals surface area contributed by atoms with Gasteiger partial charge in [-0.15, -0.1) is 0 Å². The van der Waals surface area contributed by atoms with Crippen LogP contribution < -0.4 is 0 Å². The molecule has 1 aromatic rings. The molecule has 0 unspecified atom stereocenters. The summed E-state index contributed by atoms with van der Waals surface area (Å²) in [6.45, 7) is 1.96. The fraction of sp³-hybridized carbons (Fsp3) is 0.375. The molecule has 12 heavy (non-hydrogen) atoms. The van der Waals surface area contributed by atoms with E-state index in [4.69, 9.17) is 0 Å². The van der Waals surface area contributed by atoms with Crippen LogP contribution in [0.5, 0.6) is 0 Å². The van der Waals surface area contributed by atoms with Crippen LogP contribution in [0, 0.1) is 0 Å². The van der Waals surface area contributed by atoms with Crippen LogP contribution in [0.25, 0.3) is 0 Å². The molecule has 0 aliphatic carbocycles. The van der Waals surface area contributed by atoms with E-state index in [1.807, 2.05) is 6.92 Å². The Labute approximate surface area is 72.4 Å². The molecule has 1 aromatic heterocycles. The third-order valence-corrected chi connectivity index (χ3v) is 2.69. The molecule has 0 N–H and O–H groups in total. The Morgan fingerprint density at radius 2 is 2.08 bits per heavy atom. The van der Waals surface area contributed by atoms with Crippen molar-refractivity contribution >= 4 is 9.84 Å². The molecule has 0 radical (unpaired) electrons. The summed E-state index contributed by atoms with van der Waals surface area (Å²) in [5, 5.41) is 0. The van der Waals surface area contributed by atoms with Crippen molar-refractivity contribution in [3.63, 3.8) is 0 Å². The zero-order valence-corrected chi connectivity index (χ0v) is 7.93. The highest BCUT2D eigenvalue weighted by molar-refractivity contribution is 7.90. The van der Waals surface area contributed by atoms with Crippen molar-refractivity contribution < 1.29 is 8.42 Å². The lowest BCUT2D eigenvalue weighted by atomic mass is 10.2. The summed E-state index contributed by atoms with van der Waals surface area (Å²) in [5.74, 6) is 0. The van der Waals surface area contributed by atoms with Crippen molar-refractivity contribution in [3.8, 4) is 0 Å². The molecule has 0 atom stereocenters. The van der Waals surface area contributed by atoms with Crippen molar-refractivity contribution in [2.75, 3.05) is 6.26 Å². The van der Waals surface area contributed by atoms with Gasteiger partial charge < -0.3 is 0 Å². The summed E-state index contributed by atoms with van der Waals surface area (Å²) in [4.78, 5) is 4.14. The third-order valence-electron chi connectivity index (χ3n) is 1.61. The smallest absolute Gasteiger partial charge is 0.177 e. The van der Waals surface area contributed by atoms with Gasteiger partial charge in [0.25, 0.3) is 0 Å². The number of aromatic nitrogens is 1. The molecule has 0 fully saturated rings. The zero-order chi connectivity index (χ0) is 9.19. The number of hydrogen-bond acceptors (Lipinski definition) is 3. The monoisotopic (exact) mass is 185 g/mol. The van der Waals surface area contributed by atoms with Crippen LogP contribution in [0.3, 0.4) is 0 Å². The van der Waals surface area contributed by atoms with Gasteiger partial charge in [-0.25, -0.2) is 8.42 Å². The fourth-order valence-electron chi connectivity index (χ4n) is 0.860. The molecule has 0 amide bonds. The first-order valence-electron chi connectivity index (χ1n) is 3.68. The number of sulfone groups is 1. The minimum absolute atomic E-state index is 0.293. The lowest BCUT2D eigenvalue weighted by Gasteiger charge is -1.99. The first-order chi connectivity index (χ1) is 5.54. The summed E-state index contributed by atoms with van der Waals surface area (Å²) >= 11 is 0. The highest BCUT2D eigenvalue weighted by Gasteiger charge is 2.06. The topological polar surface area (TPSA) is 47.0 Å². The van der Waals surface area contributed by atoms with Crippen LogP contribution >= 0.6 is 0 Å². The van der Waals surface area contributed by atoms with Crippen molar-refractivity contribution in [1.29, 1.82) is 0 Å². The van der Waals surface area contributed by atoms with E-state index in [1.54, 1.807) is 12.3 Å². The normalized spacial score (nSPS) is 11.5. The molecular formula is C8H11NO2S. The fourth-order valence-corrected chi connectivity index (χ4v) is 1.48. The Kier molecular flexibility index (Phi) is 2.47. The van der Waals surface area contributed by atoms with Crippen LogP contribution in [-0.2, 0) is 16.3 Å². The average Bonchev–Trinajstić information content (AvgIpc) is 2.03. The Hall–Kier alpha value is -0.900. The van der Waals surface area contributed by atoms with Gasteiger partial charge in [0.1, 0.15) is 0 Å². The molecule has 0 aliphatic heterocycles. The number of hydrogen-bond donors (Lipinski definition) is 0. The first-order valence-corrected chi connectivity index (χ1v) is 5.57. The molecule has 3 nitrogen and oxygen atoms in total. The molecule has 0 saturated heterocycles. The van der Waals surface area contributed by atoms with Gasteiger partial charge in [0.2, 0.25) is 0 Å². The van der Waals surface area contributed by atoms with E-state index in [0.717, 1.165) is 12.0 Å². The molecule has 1 rings (SSSR count). The Morgan fingerprint density at radius 3 is 2.58 bits per heavy atom. The maximum Gasteiger partial charge on any atom is 0.177 e. The zero-order valence-electron chi connectivity index (χ0n) is 7.11. The van der Waals surface area contributed by atoms with Gasteiger partial charge in [-0.3, -0.25) is 4.98 Å². The average molecular weight is 185 g/mol. The van der Waals surface area contributed by atoms with Crippen molar-refractivity contribution in [2.24, 2.45) is 0 Å². The Bertz CT molecular complexity index is 370. The lowest BCUT2D eigenvalue weighted by molar-refractivity contribution is 0.601. The van der Waals surface area contributed by atoms with Gasteiger partial charge >= 0.3 is 0 Å². The second-order valence-electron chi connectivity index (χ2n) is 2.65. The number of nitrogens with zero attached hydrogens (tertiary/aromatic N) is 1. The highest BCUT2D eigenvalue weighted by atomic mass is 32.2. The Morgan fingerprint density at radius 1 is 1.42 bits per heavy atom. The lowest BCUT2D eigenvalue weighted by Crippen LogP contribution is -1.98. The summed E-state index contributed by atoms with van der Waals surface area (Å²) in [7, 11) is -3.10. The van der Waals surface area contributed by atoms with E-state index in [2.05, 4.69) is 4.98 Å².